The minimum absolute atomic E-state index is 0.0552. The van der Waals surface area contributed by atoms with Crippen LogP contribution in [0, 0.1) is 5.82 Å². The Morgan fingerprint density at radius 3 is 2.56 bits per heavy atom. The van der Waals surface area contributed by atoms with Gasteiger partial charge in [0, 0.05) is 5.56 Å². The molecule has 0 aliphatic rings. The summed E-state index contributed by atoms with van der Waals surface area (Å²) in [5, 5.41) is 9.06. The monoisotopic (exact) mass is 398 g/mol. The Hall–Kier alpha value is -3.01. The number of hydrogen-bond acceptors (Lipinski definition) is 3. The van der Waals surface area contributed by atoms with E-state index >= 15 is 0 Å². The Morgan fingerprint density at radius 1 is 1.15 bits per heavy atom. The van der Waals surface area contributed by atoms with E-state index in [1.807, 2.05) is 0 Å². The van der Waals surface area contributed by atoms with Gasteiger partial charge in [0.25, 0.3) is 5.91 Å². The van der Waals surface area contributed by atoms with Crippen molar-refractivity contribution in [1.82, 2.24) is 4.57 Å². The Kier molecular flexibility index (Phi) is 4.83. The average Bonchev–Trinajstić information content (AvgIpc) is 2.90. The predicted molar refractivity (Wildman–Crippen MR) is 88.7 cm³/mol. The minimum Gasteiger partial charge on any atom is -0.480 e. The van der Waals surface area contributed by atoms with E-state index in [4.69, 9.17) is 5.11 Å². The van der Waals surface area contributed by atoms with E-state index in [0.29, 0.717) is 16.3 Å². The highest BCUT2D eigenvalue weighted by Crippen LogP contribution is 2.29. The number of amides is 1. The molecule has 140 valence electrons. The molecule has 1 amide bonds. The number of aromatic nitrogens is 1. The van der Waals surface area contributed by atoms with Gasteiger partial charge >= 0.3 is 12.1 Å². The van der Waals surface area contributed by atoms with E-state index < -0.39 is 36.0 Å². The van der Waals surface area contributed by atoms with Crippen LogP contribution in [0.3, 0.4) is 0 Å². The molecule has 0 saturated carbocycles. The first-order valence-electron chi connectivity index (χ1n) is 7.42. The van der Waals surface area contributed by atoms with Gasteiger partial charge < -0.3 is 9.67 Å². The highest BCUT2D eigenvalue weighted by Gasteiger charge is 2.30. The van der Waals surface area contributed by atoms with Gasteiger partial charge in [-0.15, -0.1) is 0 Å². The van der Waals surface area contributed by atoms with E-state index in [9.17, 15) is 27.2 Å². The Bertz CT molecular complexity index is 1120. The number of alkyl halides is 3. The summed E-state index contributed by atoms with van der Waals surface area (Å²) in [7, 11) is 0. The average molecular weight is 398 g/mol. The number of hydrogen-bond donors (Lipinski definition) is 1. The lowest BCUT2D eigenvalue weighted by molar-refractivity contribution is -0.138. The van der Waals surface area contributed by atoms with Crippen molar-refractivity contribution in [3.05, 3.63) is 64.2 Å². The van der Waals surface area contributed by atoms with Crippen LogP contribution in [-0.4, -0.2) is 21.6 Å². The summed E-state index contributed by atoms with van der Waals surface area (Å²) >= 11 is 0.863. The molecule has 10 heteroatoms. The molecular weight excluding hydrogens is 388 g/mol. The number of nitrogens with zero attached hydrogens (tertiary/aromatic N) is 2. The number of rotatable bonds is 3. The van der Waals surface area contributed by atoms with Gasteiger partial charge in [0.2, 0.25) is 0 Å². The van der Waals surface area contributed by atoms with Gasteiger partial charge in [-0.3, -0.25) is 9.59 Å². The number of carbonyl (C=O) groups is 2. The van der Waals surface area contributed by atoms with Crippen LogP contribution in [0.15, 0.2) is 47.5 Å². The first-order valence-corrected chi connectivity index (χ1v) is 8.24. The summed E-state index contributed by atoms with van der Waals surface area (Å²) in [5.74, 6) is -2.73. The molecule has 0 atom stereocenters. The summed E-state index contributed by atoms with van der Waals surface area (Å²) in [6.45, 7) is -0.541. The molecule has 0 unspecified atom stereocenters. The SMILES string of the molecule is O=C(O)Cn1/c(=N/C(=O)c2cccc(C(F)(F)F)c2)sc2cc(F)ccc21. The fourth-order valence-corrected chi connectivity index (χ4v) is 3.45. The number of aliphatic carboxylic acids is 1. The molecule has 0 aliphatic carbocycles. The summed E-state index contributed by atoms with van der Waals surface area (Å²) < 4.78 is 53.3. The first kappa shape index (κ1) is 18.8. The third-order valence-corrected chi connectivity index (χ3v) is 4.61. The van der Waals surface area contributed by atoms with Crippen LogP contribution in [-0.2, 0) is 17.5 Å². The number of thiazole rings is 1. The molecule has 1 aromatic heterocycles. The third-order valence-electron chi connectivity index (χ3n) is 3.57. The summed E-state index contributed by atoms with van der Waals surface area (Å²) in [6.07, 6.45) is -4.62. The minimum atomic E-state index is -4.62. The molecule has 0 bridgehead atoms. The van der Waals surface area contributed by atoms with Gasteiger partial charge in [0.15, 0.2) is 4.80 Å². The lowest BCUT2D eigenvalue weighted by Crippen LogP contribution is -2.21. The number of carbonyl (C=O) groups excluding carboxylic acids is 1. The van der Waals surface area contributed by atoms with Gasteiger partial charge in [-0.25, -0.2) is 4.39 Å². The number of halogens is 4. The van der Waals surface area contributed by atoms with Gasteiger partial charge in [-0.1, -0.05) is 17.4 Å². The second-order valence-corrected chi connectivity index (χ2v) is 6.48. The van der Waals surface area contributed by atoms with Crippen LogP contribution in [0.2, 0.25) is 0 Å². The molecular formula is C17H10F4N2O3S. The van der Waals surface area contributed by atoms with Crippen LogP contribution in [0.5, 0.6) is 0 Å². The Labute approximate surface area is 152 Å². The molecule has 1 N–H and O–H groups in total. The maximum Gasteiger partial charge on any atom is 0.416 e. The molecule has 3 aromatic rings. The van der Waals surface area contributed by atoms with Crippen LogP contribution in [0.4, 0.5) is 17.6 Å². The maximum atomic E-state index is 13.4. The molecule has 0 radical (unpaired) electrons. The lowest BCUT2D eigenvalue weighted by Gasteiger charge is -2.06. The first-order chi connectivity index (χ1) is 12.6. The largest absolute Gasteiger partial charge is 0.480 e. The van der Waals surface area contributed by atoms with Crippen molar-refractivity contribution in [2.24, 2.45) is 4.99 Å². The highest BCUT2D eigenvalue weighted by molar-refractivity contribution is 7.16. The number of benzene rings is 2. The third kappa shape index (κ3) is 4.05. The zero-order valence-electron chi connectivity index (χ0n) is 13.3. The second kappa shape index (κ2) is 6.95. The van der Waals surface area contributed by atoms with Gasteiger partial charge in [-0.05, 0) is 36.4 Å². The van der Waals surface area contributed by atoms with Crippen LogP contribution >= 0.6 is 11.3 Å². The van der Waals surface area contributed by atoms with Crippen molar-refractivity contribution in [2.45, 2.75) is 12.7 Å². The zero-order chi connectivity index (χ0) is 19.8. The van der Waals surface area contributed by atoms with E-state index in [2.05, 4.69) is 4.99 Å². The van der Waals surface area contributed by atoms with E-state index in [1.54, 1.807) is 0 Å². The summed E-state index contributed by atoms with van der Waals surface area (Å²) in [6, 6.07) is 7.38. The normalized spacial score (nSPS) is 12.5. The van der Waals surface area contributed by atoms with Gasteiger partial charge in [0.1, 0.15) is 12.4 Å². The van der Waals surface area contributed by atoms with Crippen molar-refractivity contribution in [3.8, 4) is 0 Å². The molecule has 3 rings (SSSR count). The number of carboxylic acids is 1. The topological polar surface area (TPSA) is 71.7 Å². The quantitative estimate of drug-likeness (QED) is 0.684. The van der Waals surface area contributed by atoms with Crippen LogP contribution in [0.25, 0.3) is 10.2 Å². The van der Waals surface area contributed by atoms with E-state index in [1.165, 1.54) is 16.7 Å². The summed E-state index contributed by atoms with van der Waals surface area (Å²) in [5.41, 5.74) is -0.949. The maximum absolute atomic E-state index is 13.4. The number of carboxylic acid groups (broad SMARTS) is 1. The van der Waals surface area contributed by atoms with Crippen molar-refractivity contribution < 1.29 is 32.3 Å². The summed E-state index contributed by atoms with van der Waals surface area (Å²) in [4.78, 5) is 27.1. The van der Waals surface area contributed by atoms with Crippen LogP contribution in [0.1, 0.15) is 15.9 Å². The highest BCUT2D eigenvalue weighted by atomic mass is 32.1. The van der Waals surface area contributed by atoms with E-state index in [-0.39, 0.29) is 10.4 Å². The second-order valence-electron chi connectivity index (χ2n) is 5.47. The fraction of sp³-hybridized carbons (Fsp3) is 0.118. The zero-order valence-corrected chi connectivity index (χ0v) is 14.1. The molecule has 27 heavy (non-hydrogen) atoms. The van der Waals surface area contributed by atoms with Crippen molar-refractivity contribution in [2.75, 3.05) is 0 Å². The van der Waals surface area contributed by atoms with Crippen molar-refractivity contribution in [3.63, 3.8) is 0 Å². The molecule has 0 aliphatic heterocycles. The fourth-order valence-electron chi connectivity index (χ4n) is 2.40. The van der Waals surface area contributed by atoms with E-state index in [0.717, 1.165) is 35.6 Å². The molecule has 5 nitrogen and oxygen atoms in total. The van der Waals surface area contributed by atoms with Gasteiger partial charge in [-0.2, -0.15) is 18.2 Å². The Balaban J connectivity index is 2.12. The molecule has 0 saturated heterocycles. The molecule has 0 fully saturated rings. The molecule has 1 heterocycles. The van der Waals surface area contributed by atoms with Crippen LogP contribution < -0.4 is 4.80 Å². The molecule has 2 aromatic carbocycles. The smallest absolute Gasteiger partial charge is 0.416 e. The van der Waals surface area contributed by atoms with Crippen molar-refractivity contribution in [1.29, 1.82) is 0 Å². The van der Waals surface area contributed by atoms with Gasteiger partial charge in [0.05, 0.1) is 15.8 Å². The standard InChI is InChI=1S/C17H10F4N2O3S/c18-11-4-5-12-13(7-11)27-16(23(12)8-14(24)25)22-15(26)9-2-1-3-10(6-9)17(19,20)21/h1-7H,8H2,(H,24,25)/b22-16-. The molecule has 0 spiro atoms. The number of fused-ring (bicyclic) bond motifs is 1. The van der Waals surface area contributed by atoms with Crippen molar-refractivity contribution >= 4 is 33.4 Å². The lowest BCUT2D eigenvalue weighted by atomic mass is 10.1. The predicted octanol–water partition coefficient (Wildman–Crippen LogP) is 3.69. The Morgan fingerprint density at radius 2 is 1.89 bits per heavy atom.